The number of ether oxygens (including phenoxy) is 1. The fraction of sp³-hybridized carbons (Fsp3) is 0.538. The number of aromatic carboxylic acids is 1. The first kappa shape index (κ1) is 12.0. The van der Waals surface area contributed by atoms with Crippen molar-refractivity contribution in [1.29, 1.82) is 0 Å². The third kappa shape index (κ3) is 3.53. The van der Waals surface area contributed by atoms with Crippen LogP contribution in [-0.2, 0) is 11.3 Å². The van der Waals surface area contributed by atoms with Crippen LogP contribution in [0.25, 0.3) is 0 Å². The van der Waals surface area contributed by atoms with Crippen molar-refractivity contribution in [3.8, 4) is 0 Å². The van der Waals surface area contributed by atoms with Gasteiger partial charge >= 0.3 is 5.97 Å². The minimum Gasteiger partial charge on any atom is -0.477 e. The molecule has 17 heavy (non-hydrogen) atoms. The molecule has 0 spiro atoms. The second-order valence-electron chi connectivity index (χ2n) is 4.49. The minimum atomic E-state index is -0.999. The number of carboxylic acid groups (broad SMARTS) is 1. The summed E-state index contributed by atoms with van der Waals surface area (Å²) in [5, 5.41) is 8.79. The molecule has 0 atom stereocenters. The quantitative estimate of drug-likeness (QED) is 0.769. The van der Waals surface area contributed by atoms with E-state index < -0.39 is 5.97 Å². The zero-order chi connectivity index (χ0) is 12.1. The van der Waals surface area contributed by atoms with Gasteiger partial charge in [0.05, 0.1) is 6.61 Å². The average molecular weight is 235 g/mol. The van der Waals surface area contributed by atoms with Crippen LogP contribution in [0.3, 0.4) is 0 Å². The highest BCUT2D eigenvalue weighted by molar-refractivity contribution is 5.85. The van der Waals surface area contributed by atoms with Gasteiger partial charge in [-0.05, 0) is 30.0 Å². The first-order chi connectivity index (χ1) is 8.25. The summed E-state index contributed by atoms with van der Waals surface area (Å²) in [6.45, 7) is 1.23. The third-order valence-corrected chi connectivity index (χ3v) is 3.21. The molecule has 1 heterocycles. The Labute approximate surface area is 101 Å². The van der Waals surface area contributed by atoms with Crippen molar-refractivity contribution >= 4 is 5.97 Å². The maximum atomic E-state index is 10.7. The SMILES string of the molecule is O=C(O)c1cc(COCCC2CCC2)ccn1. The minimum absolute atomic E-state index is 0.0742. The zero-order valence-electron chi connectivity index (χ0n) is 9.76. The van der Waals surface area contributed by atoms with Crippen LogP contribution in [0.1, 0.15) is 41.7 Å². The van der Waals surface area contributed by atoms with E-state index in [0.29, 0.717) is 6.61 Å². The number of carboxylic acids is 1. The molecule has 0 bridgehead atoms. The summed E-state index contributed by atoms with van der Waals surface area (Å²) in [7, 11) is 0. The van der Waals surface area contributed by atoms with Gasteiger partial charge < -0.3 is 9.84 Å². The van der Waals surface area contributed by atoms with Crippen LogP contribution in [0, 0.1) is 5.92 Å². The molecule has 4 heteroatoms. The van der Waals surface area contributed by atoms with E-state index in [9.17, 15) is 4.79 Å². The summed E-state index contributed by atoms with van der Waals surface area (Å²) in [6.07, 6.45) is 6.66. The lowest BCUT2D eigenvalue weighted by Gasteiger charge is -2.24. The summed E-state index contributed by atoms with van der Waals surface area (Å²) in [5.41, 5.74) is 0.941. The predicted molar refractivity (Wildman–Crippen MR) is 62.8 cm³/mol. The molecule has 0 aliphatic heterocycles. The third-order valence-electron chi connectivity index (χ3n) is 3.21. The Kier molecular flexibility index (Phi) is 4.09. The maximum Gasteiger partial charge on any atom is 0.354 e. The first-order valence-electron chi connectivity index (χ1n) is 6.01. The Morgan fingerprint density at radius 2 is 2.35 bits per heavy atom. The molecule has 1 saturated carbocycles. The standard InChI is InChI=1S/C13H17NO3/c15-13(16)12-8-11(4-6-14-12)9-17-7-5-10-2-1-3-10/h4,6,8,10H,1-3,5,7,9H2,(H,15,16). The van der Waals surface area contributed by atoms with Gasteiger partial charge in [0.25, 0.3) is 0 Å². The normalized spacial score (nSPS) is 15.5. The van der Waals surface area contributed by atoms with Crippen LogP contribution in [0.4, 0.5) is 0 Å². The van der Waals surface area contributed by atoms with Crippen LogP contribution in [0.5, 0.6) is 0 Å². The molecular weight excluding hydrogens is 218 g/mol. The molecule has 1 fully saturated rings. The fourth-order valence-corrected chi connectivity index (χ4v) is 1.90. The highest BCUT2D eigenvalue weighted by Crippen LogP contribution is 2.29. The summed E-state index contributed by atoms with van der Waals surface area (Å²) in [5.74, 6) is -0.150. The van der Waals surface area contributed by atoms with E-state index in [1.54, 1.807) is 12.1 Å². The molecular formula is C13H17NO3. The molecule has 0 saturated heterocycles. The highest BCUT2D eigenvalue weighted by Gasteiger charge is 2.16. The highest BCUT2D eigenvalue weighted by atomic mass is 16.5. The Balaban J connectivity index is 1.73. The summed E-state index contributed by atoms with van der Waals surface area (Å²) in [6, 6.07) is 3.35. The van der Waals surface area contributed by atoms with Gasteiger partial charge in [-0.25, -0.2) is 9.78 Å². The van der Waals surface area contributed by atoms with Crippen molar-refractivity contribution in [2.24, 2.45) is 5.92 Å². The van der Waals surface area contributed by atoms with Crippen LogP contribution in [-0.4, -0.2) is 22.7 Å². The first-order valence-corrected chi connectivity index (χ1v) is 6.01. The Morgan fingerprint density at radius 1 is 1.53 bits per heavy atom. The molecule has 1 aliphatic carbocycles. The van der Waals surface area contributed by atoms with Gasteiger partial charge in [0.1, 0.15) is 5.69 Å². The van der Waals surface area contributed by atoms with Gasteiger partial charge in [-0.1, -0.05) is 19.3 Å². The fourth-order valence-electron chi connectivity index (χ4n) is 1.90. The summed E-state index contributed by atoms with van der Waals surface area (Å²) in [4.78, 5) is 14.5. The van der Waals surface area contributed by atoms with Gasteiger partial charge in [-0.15, -0.1) is 0 Å². The molecule has 0 aromatic carbocycles. The van der Waals surface area contributed by atoms with Crippen LogP contribution in [0.15, 0.2) is 18.3 Å². The molecule has 0 unspecified atom stereocenters. The Morgan fingerprint density at radius 3 is 3.00 bits per heavy atom. The van der Waals surface area contributed by atoms with Crippen molar-refractivity contribution in [3.05, 3.63) is 29.6 Å². The van der Waals surface area contributed by atoms with Gasteiger partial charge in [-0.3, -0.25) is 0 Å². The molecule has 0 radical (unpaired) electrons. The molecule has 1 aromatic heterocycles. The molecule has 1 aliphatic rings. The topological polar surface area (TPSA) is 59.4 Å². The molecule has 0 amide bonds. The van der Waals surface area contributed by atoms with Gasteiger partial charge in [-0.2, -0.15) is 0 Å². The number of hydrogen-bond donors (Lipinski definition) is 1. The predicted octanol–water partition coefficient (Wildman–Crippen LogP) is 2.49. The maximum absolute atomic E-state index is 10.7. The van der Waals surface area contributed by atoms with Gasteiger partial charge in [0, 0.05) is 12.8 Å². The van der Waals surface area contributed by atoms with Crippen LogP contribution < -0.4 is 0 Å². The summed E-state index contributed by atoms with van der Waals surface area (Å²) < 4.78 is 5.54. The largest absolute Gasteiger partial charge is 0.477 e. The lowest BCUT2D eigenvalue weighted by Crippen LogP contribution is -2.13. The van der Waals surface area contributed by atoms with Crippen LogP contribution in [0.2, 0.25) is 0 Å². The van der Waals surface area contributed by atoms with E-state index >= 15 is 0 Å². The zero-order valence-corrected chi connectivity index (χ0v) is 9.76. The van der Waals surface area contributed by atoms with Crippen molar-refractivity contribution in [2.75, 3.05) is 6.61 Å². The Hall–Kier alpha value is -1.42. The molecule has 92 valence electrons. The lowest BCUT2D eigenvalue weighted by molar-refractivity contribution is 0.0689. The second kappa shape index (κ2) is 5.77. The van der Waals surface area contributed by atoms with Crippen molar-refractivity contribution in [3.63, 3.8) is 0 Å². The van der Waals surface area contributed by atoms with E-state index in [1.807, 2.05) is 0 Å². The van der Waals surface area contributed by atoms with E-state index in [4.69, 9.17) is 9.84 Å². The van der Waals surface area contributed by atoms with Crippen molar-refractivity contribution in [1.82, 2.24) is 4.98 Å². The molecule has 1 N–H and O–H groups in total. The van der Waals surface area contributed by atoms with Gasteiger partial charge in [0.2, 0.25) is 0 Å². The van der Waals surface area contributed by atoms with Gasteiger partial charge in [0.15, 0.2) is 0 Å². The van der Waals surface area contributed by atoms with E-state index in [2.05, 4.69) is 4.98 Å². The smallest absolute Gasteiger partial charge is 0.354 e. The van der Waals surface area contributed by atoms with E-state index in [0.717, 1.165) is 24.5 Å². The monoisotopic (exact) mass is 235 g/mol. The van der Waals surface area contributed by atoms with Crippen molar-refractivity contribution in [2.45, 2.75) is 32.3 Å². The second-order valence-corrected chi connectivity index (χ2v) is 4.49. The molecule has 2 rings (SSSR count). The average Bonchev–Trinajstić information content (AvgIpc) is 2.27. The number of rotatable bonds is 6. The summed E-state index contributed by atoms with van der Waals surface area (Å²) >= 11 is 0. The number of aromatic nitrogens is 1. The lowest BCUT2D eigenvalue weighted by atomic mass is 9.83. The van der Waals surface area contributed by atoms with Crippen LogP contribution >= 0.6 is 0 Å². The van der Waals surface area contributed by atoms with Crippen molar-refractivity contribution < 1.29 is 14.6 Å². The number of nitrogens with zero attached hydrogens (tertiary/aromatic N) is 1. The molecule has 4 nitrogen and oxygen atoms in total. The van der Waals surface area contributed by atoms with E-state index in [-0.39, 0.29) is 5.69 Å². The number of hydrogen-bond acceptors (Lipinski definition) is 3. The Bertz CT molecular complexity index is 388. The number of pyridine rings is 1. The number of carbonyl (C=O) groups is 1. The molecule has 1 aromatic rings. The van der Waals surface area contributed by atoms with E-state index in [1.165, 1.54) is 25.5 Å².